The number of aliphatic carboxylic acids is 1. The second-order valence-electron chi connectivity index (χ2n) is 12.4. The zero-order chi connectivity index (χ0) is 40.9. The van der Waals surface area contributed by atoms with Gasteiger partial charge >= 0.3 is 5.97 Å². The van der Waals surface area contributed by atoms with E-state index >= 15 is 0 Å². The minimum atomic E-state index is -1.74. The number of carboxylic acid groups (broad SMARTS) is 1. The fraction of sp³-hybridized carbons (Fsp3) is 0.429. The van der Waals surface area contributed by atoms with Crippen LogP contribution in [0, 0.1) is 0 Å². The molecule has 0 spiro atoms. The van der Waals surface area contributed by atoms with E-state index in [1.807, 2.05) is 6.07 Å². The van der Waals surface area contributed by atoms with Gasteiger partial charge in [-0.25, -0.2) is 4.79 Å². The highest BCUT2D eigenvalue weighted by Crippen LogP contribution is 2.12. The molecular weight excluding hydrogens is 722 g/mol. The number of hydrogen-bond donors (Lipinski definition) is 12. The van der Waals surface area contributed by atoms with Gasteiger partial charge in [0.15, 0.2) is 0 Å². The number of aliphatic hydroxyl groups excluding tert-OH is 1. The van der Waals surface area contributed by atoms with Crippen LogP contribution in [0.15, 0.2) is 54.6 Å². The lowest BCUT2D eigenvalue weighted by Gasteiger charge is -2.25. The summed E-state index contributed by atoms with van der Waals surface area (Å²) in [5.41, 5.74) is 17.9. The van der Waals surface area contributed by atoms with Crippen LogP contribution in [0.3, 0.4) is 0 Å². The minimum absolute atomic E-state index is 0.00309. The number of carboxylic acids is 1. The average Bonchev–Trinajstić information content (AvgIpc) is 3.14. The molecule has 300 valence electrons. The first-order valence-corrected chi connectivity index (χ1v) is 17.3. The Bertz CT molecular complexity index is 1630. The van der Waals surface area contributed by atoms with Crippen molar-refractivity contribution in [1.82, 2.24) is 31.9 Å². The van der Waals surface area contributed by atoms with Crippen LogP contribution in [0.2, 0.25) is 0 Å². The highest BCUT2D eigenvalue weighted by molar-refractivity contribution is 5.97. The van der Waals surface area contributed by atoms with Crippen LogP contribution in [-0.2, 0) is 51.2 Å². The number of amides is 7. The molecule has 0 bridgehead atoms. The molecule has 2 rings (SSSR count). The number of primary amides is 1. The summed E-state index contributed by atoms with van der Waals surface area (Å²) in [5.74, 6) is -7.90. The molecule has 0 aromatic heterocycles. The molecule has 0 aliphatic carbocycles. The van der Waals surface area contributed by atoms with Gasteiger partial charge < -0.3 is 64.4 Å². The van der Waals surface area contributed by atoms with Crippen molar-refractivity contribution in [3.05, 3.63) is 65.7 Å². The van der Waals surface area contributed by atoms with E-state index < -0.39 is 104 Å². The molecule has 0 aliphatic heterocycles. The van der Waals surface area contributed by atoms with Crippen LogP contribution in [0.4, 0.5) is 0 Å². The molecule has 15 N–H and O–H groups in total. The SMILES string of the molecule is NCCCCC(NC(=O)C(CC(N)=O)NC(=O)C(CO)NC(=O)C(Cc1ccc(O)cc1)NC(=O)CNC(=O)CNC(=O)C(N)Cc1ccccc1)C(=O)O. The number of aromatic hydroxyl groups is 1. The van der Waals surface area contributed by atoms with Gasteiger partial charge in [0.2, 0.25) is 41.4 Å². The second-order valence-corrected chi connectivity index (χ2v) is 12.4. The molecule has 0 saturated heterocycles. The molecular formula is C35H49N9O11. The van der Waals surface area contributed by atoms with Gasteiger partial charge in [-0.1, -0.05) is 42.5 Å². The van der Waals surface area contributed by atoms with E-state index in [0.717, 1.165) is 5.56 Å². The summed E-state index contributed by atoms with van der Waals surface area (Å²) in [7, 11) is 0. The van der Waals surface area contributed by atoms with Crippen LogP contribution in [-0.4, -0.2) is 119 Å². The average molecular weight is 772 g/mol. The lowest BCUT2D eigenvalue weighted by Crippen LogP contribution is -2.59. The topological polar surface area (TPSA) is 347 Å². The predicted molar refractivity (Wildman–Crippen MR) is 195 cm³/mol. The van der Waals surface area contributed by atoms with Gasteiger partial charge in [-0.2, -0.15) is 0 Å². The fourth-order valence-electron chi connectivity index (χ4n) is 4.99. The van der Waals surface area contributed by atoms with Crippen molar-refractivity contribution >= 4 is 47.3 Å². The van der Waals surface area contributed by atoms with Crippen LogP contribution in [0.25, 0.3) is 0 Å². The number of rotatable bonds is 24. The number of carbonyl (C=O) groups excluding carboxylic acids is 7. The van der Waals surface area contributed by atoms with Crippen molar-refractivity contribution in [3.8, 4) is 5.75 Å². The first-order chi connectivity index (χ1) is 26.1. The monoisotopic (exact) mass is 771 g/mol. The summed E-state index contributed by atoms with van der Waals surface area (Å²) in [6.45, 7) is -1.87. The van der Waals surface area contributed by atoms with Crippen LogP contribution in [0.5, 0.6) is 5.75 Å². The highest BCUT2D eigenvalue weighted by Gasteiger charge is 2.32. The number of nitrogens with one attached hydrogen (secondary N) is 6. The molecule has 55 heavy (non-hydrogen) atoms. The molecule has 20 heteroatoms. The Morgan fingerprint density at radius 1 is 0.636 bits per heavy atom. The maximum Gasteiger partial charge on any atom is 0.326 e. The molecule has 0 aliphatic rings. The first kappa shape index (κ1) is 45.0. The number of phenols is 1. The van der Waals surface area contributed by atoms with Gasteiger partial charge in [-0.05, 0) is 55.5 Å². The fourth-order valence-corrected chi connectivity index (χ4v) is 4.99. The van der Waals surface area contributed by atoms with Gasteiger partial charge in [0.1, 0.15) is 29.9 Å². The zero-order valence-electron chi connectivity index (χ0n) is 30.0. The van der Waals surface area contributed by atoms with Gasteiger partial charge in [-0.3, -0.25) is 33.6 Å². The number of hydrogen-bond acceptors (Lipinski definition) is 12. The van der Waals surface area contributed by atoms with Crippen LogP contribution < -0.4 is 49.1 Å². The standard InChI is InChI=1S/C35H49N9O11/c36-13-5-4-8-24(35(54)55)42-33(52)26(16-28(38)47)43-34(53)27(19-45)44-32(51)25(15-21-9-11-22(46)12-10-21)41-30(49)18-39-29(48)17-40-31(50)23(37)14-20-6-2-1-3-7-20/h1-3,6-7,9-12,23-27,45-46H,4-5,8,13-19,36-37H2,(H2,38,47)(H,39,48)(H,40,50)(H,41,49)(H,42,52)(H,43,53)(H,44,51)(H,54,55). The van der Waals surface area contributed by atoms with Crippen LogP contribution in [0.1, 0.15) is 36.8 Å². The van der Waals surface area contributed by atoms with Crippen molar-refractivity contribution in [2.45, 2.75) is 68.7 Å². The van der Waals surface area contributed by atoms with Crippen LogP contribution >= 0.6 is 0 Å². The summed E-state index contributed by atoms with van der Waals surface area (Å²) in [6, 6.07) is 7.37. The molecule has 7 amide bonds. The Morgan fingerprint density at radius 3 is 1.80 bits per heavy atom. The number of nitrogens with two attached hydrogens (primary N) is 3. The van der Waals surface area contributed by atoms with Gasteiger partial charge in [0.25, 0.3) is 0 Å². The summed E-state index contributed by atoms with van der Waals surface area (Å²) in [6.07, 6.45) is 0.113. The largest absolute Gasteiger partial charge is 0.508 e. The quantitative estimate of drug-likeness (QED) is 0.0451. The summed E-state index contributed by atoms with van der Waals surface area (Å²) < 4.78 is 0. The highest BCUT2D eigenvalue weighted by atomic mass is 16.4. The van der Waals surface area contributed by atoms with E-state index in [2.05, 4.69) is 31.9 Å². The third kappa shape index (κ3) is 17.1. The number of aliphatic hydroxyl groups is 1. The molecule has 20 nitrogen and oxygen atoms in total. The maximum atomic E-state index is 13.4. The second kappa shape index (κ2) is 23.5. The van der Waals surface area contributed by atoms with E-state index in [0.29, 0.717) is 18.4 Å². The smallest absolute Gasteiger partial charge is 0.326 e. The summed E-state index contributed by atoms with van der Waals surface area (Å²) in [5, 5.41) is 42.9. The molecule has 5 atom stereocenters. The number of benzene rings is 2. The van der Waals surface area contributed by atoms with E-state index in [9.17, 15) is 53.7 Å². The first-order valence-electron chi connectivity index (χ1n) is 17.3. The van der Waals surface area contributed by atoms with E-state index in [1.165, 1.54) is 24.3 Å². The molecule has 0 fully saturated rings. The number of unbranched alkanes of at least 4 members (excludes halogenated alkanes) is 1. The van der Waals surface area contributed by atoms with Crippen molar-refractivity contribution in [3.63, 3.8) is 0 Å². The molecule has 0 radical (unpaired) electrons. The number of phenolic OH excluding ortho intramolecular Hbond substituents is 1. The third-order valence-corrected chi connectivity index (χ3v) is 7.95. The molecule has 2 aromatic carbocycles. The Morgan fingerprint density at radius 2 is 1.20 bits per heavy atom. The van der Waals surface area contributed by atoms with Crippen molar-refractivity contribution in [2.75, 3.05) is 26.2 Å². The summed E-state index contributed by atoms with van der Waals surface area (Å²) >= 11 is 0. The predicted octanol–water partition coefficient (Wildman–Crippen LogP) is -4.24. The molecule has 0 heterocycles. The van der Waals surface area contributed by atoms with E-state index in [1.54, 1.807) is 24.3 Å². The van der Waals surface area contributed by atoms with Gasteiger partial charge in [0.05, 0.1) is 32.2 Å². The molecule has 2 aromatic rings. The lowest BCUT2D eigenvalue weighted by molar-refractivity contribution is -0.142. The number of carbonyl (C=O) groups is 8. The van der Waals surface area contributed by atoms with Crippen molar-refractivity contribution in [1.29, 1.82) is 0 Å². The maximum absolute atomic E-state index is 13.4. The Kier molecular flexibility index (Phi) is 19.3. The Hall–Kier alpha value is -6.12. The normalized spacial score (nSPS) is 13.4. The Labute approximate surface area is 316 Å². The van der Waals surface area contributed by atoms with Crippen molar-refractivity contribution < 1.29 is 53.7 Å². The lowest BCUT2D eigenvalue weighted by atomic mass is 10.0. The van der Waals surface area contributed by atoms with Crippen molar-refractivity contribution in [2.24, 2.45) is 17.2 Å². The zero-order valence-corrected chi connectivity index (χ0v) is 30.0. The summed E-state index contributed by atoms with van der Waals surface area (Å²) in [4.78, 5) is 101. The van der Waals surface area contributed by atoms with Gasteiger partial charge in [0, 0.05) is 6.42 Å². The molecule has 5 unspecified atom stereocenters. The molecule has 0 saturated carbocycles. The third-order valence-electron chi connectivity index (χ3n) is 7.95. The van der Waals surface area contributed by atoms with E-state index in [-0.39, 0.29) is 31.6 Å². The minimum Gasteiger partial charge on any atom is -0.508 e. The van der Waals surface area contributed by atoms with E-state index in [4.69, 9.17) is 17.2 Å². The Balaban J connectivity index is 2.07. The van der Waals surface area contributed by atoms with Gasteiger partial charge in [-0.15, -0.1) is 0 Å².